The van der Waals surface area contributed by atoms with Crippen molar-refractivity contribution in [2.24, 2.45) is 7.05 Å². The average molecular weight is 241 g/mol. The van der Waals surface area contributed by atoms with Gasteiger partial charge in [0.15, 0.2) is 4.77 Å². The first kappa shape index (κ1) is 11.6. The van der Waals surface area contributed by atoms with Gasteiger partial charge in [-0.1, -0.05) is 6.92 Å². The van der Waals surface area contributed by atoms with E-state index in [4.69, 9.17) is 12.2 Å². The largest absolute Gasteiger partial charge is 0.338 e. The fourth-order valence-electron chi connectivity index (χ4n) is 2.27. The quantitative estimate of drug-likeness (QED) is 0.785. The van der Waals surface area contributed by atoms with E-state index in [1.165, 1.54) is 0 Å². The van der Waals surface area contributed by atoms with Crippen LogP contribution >= 0.6 is 12.2 Å². The van der Waals surface area contributed by atoms with Gasteiger partial charge in [-0.3, -0.25) is 9.47 Å². The van der Waals surface area contributed by atoms with Gasteiger partial charge in [-0.15, -0.1) is 5.10 Å². The fraction of sp³-hybridized carbons (Fsp3) is 0.800. The van der Waals surface area contributed by atoms with E-state index in [0.29, 0.717) is 10.8 Å². The first-order valence-corrected chi connectivity index (χ1v) is 6.14. The molecule has 2 heterocycles. The Balaban J connectivity index is 2.13. The van der Waals surface area contributed by atoms with Crippen molar-refractivity contribution in [1.82, 2.24) is 19.7 Å². The summed E-state index contributed by atoms with van der Waals surface area (Å²) in [5.74, 6) is 0.951. The van der Waals surface area contributed by atoms with E-state index in [1.54, 1.807) is 0 Å². The summed E-state index contributed by atoms with van der Waals surface area (Å²) in [6, 6.07) is 0.573. The molecular formula is C10H19N5S. The molecule has 0 radical (unpaired) electrons. The van der Waals surface area contributed by atoms with Crippen LogP contribution in [0.2, 0.25) is 0 Å². The molecule has 6 heteroatoms. The number of piperazine rings is 1. The van der Waals surface area contributed by atoms with Gasteiger partial charge >= 0.3 is 0 Å². The lowest BCUT2D eigenvalue weighted by Gasteiger charge is -2.39. The van der Waals surface area contributed by atoms with Crippen molar-refractivity contribution in [2.45, 2.75) is 19.9 Å². The standard InChI is InChI=1S/C10H19N5S/c1-4-14-5-6-15(7-8(14)2)9-11-12-10(16)13(9)3/h8H,4-7H2,1-3H3,(H,12,16). The molecule has 0 spiro atoms. The minimum Gasteiger partial charge on any atom is -0.338 e. The van der Waals surface area contributed by atoms with Gasteiger partial charge in [0.1, 0.15) is 0 Å². The Morgan fingerprint density at radius 3 is 2.75 bits per heavy atom. The first-order valence-electron chi connectivity index (χ1n) is 5.74. The van der Waals surface area contributed by atoms with Crippen LogP contribution < -0.4 is 4.90 Å². The van der Waals surface area contributed by atoms with E-state index < -0.39 is 0 Å². The molecule has 5 nitrogen and oxygen atoms in total. The van der Waals surface area contributed by atoms with Crippen molar-refractivity contribution >= 4 is 18.2 Å². The molecule has 0 aromatic carbocycles. The summed E-state index contributed by atoms with van der Waals surface area (Å²) >= 11 is 5.13. The Kier molecular flexibility index (Phi) is 3.30. The number of aromatic nitrogens is 3. The molecule has 1 N–H and O–H groups in total. The normalized spacial score (nSPS) is 22.7. The Morgan fingerprint density at radius 1 is 1.50 bits per heavy atom. The molecule has 1 aromatic rings. The number of hydrogen-bond donors (Lipinski definition) is 1. The lowest BCUT2D eigenvalue weighted by Crippen LogP contribution is -2.52. The van der Waals surface area contributed by atoms with Gasteiger partial charge in [0.05, 0.1) is 0 Å². The molecule has 1 fully saturated rings. The van der Waals surface area contributed by atoms with E-state index in [0.717, 1.165) is 32.1 Å². The smallest absolute Gasteiger partial charge is 0.225 e. The fourth-order valence-corrected chi connectivity index (χ4v) is 2.40. The SMILES string of the molecule is CCN1CCN(c2n[nH]c(=S)n2C)CC1C. The average Bonchev–Trinajstić information content (AvgIpc) is 2.60. The van der Waals surface area contributed by atoms with Crippen molar-refractivity contribution in [3.05, 3.63) is 4.77 Å². The van der Waals surface area contributed by atoms with Crippen LogP contribution in [0.3, 0.4) is 0 Å². The zero-order valence-electron chi connectivity index (χ0n) is 10.1. The van der Waals surface area contributed by atoms with Crippen LogP contribution in [0.15, 0.2) is 0 Å². The van der Waals surface area contributed by atoms with Crippen molar-refractivity contribution in [1.29, 1.82) is 0 Å². The number of likely N-dealkylation sites (N-methyl/N-ethyl adjacent to an activating group) is 1. The highest BCUT2D eigenvalue weighted by atomic mass is 32.1. The van der Waals surface area contributed by atoms with E-state index in [9.17, 15) is 0 Å². The lowest BCUT2D eigenvalue weighted by atomic mass is 10.2. The molecule has 1 saturated heterocycles. The highest BCUT2D eigenvalue weighted by Crippen LogP contribution is 2.15. The van der Waals surface area contributed by atoms with Gasteiger partial charge in [-0.05, 0) is 25.7 Å². The van der Waals surface area contributed by atoms with Gasteiger partial charge in [-0.25, -0.2) is 5.10 Å². The Hall–Kier alpha value is -0.880. The molecule has 1 aromatic heterocycles. The second kappa shape index (κ2) is 4.55. The molecule has 0 aliphatic carbocycles. The van der Waals surface area contributed by atoms with Crippen LogP contribution in [0.1, 0.15) is 13.8 Å². The molecule has 16 heavy (non-hydrogen) atoms. The second-order valence-corrected chi connectivity index (χ2v) is 4.70. The third kappa shape index (κ3) is 1.99. The van der Waals surface area contributed by atoms with E-state index in [2.05, 4.69) is 33.8 Å². The Labute approximate surface area is 101 Å². The molecular weight excluding hydrogens is 222 g/mol. The highest BCUT2D eigenvalue weighted by Gasteiger charge is 2.24. The van der Waals surface area contributed by atoms with E-state index in [-0.39, 0.29) is 0 Å². The monoisotopic (exact) mass is 241 g/mol. The van der Waals surface area contributed by atoms with Crippen LogP contribution in [-0.4, -0.2) is 51.9 Å². The van der Waals surface area contributed by atoms with Crippen LogP contribution in [0.4, 0.5) is 5.95 Å². The lowest BCUT2D eigenvalue weighted by molar-refractivity contribution is 0.198. The zero-order chi connectivity index (χ0) is 11.7. The maximum Gasteiger partial charge on any atom is 0.225 e. The van der Waals surface area contributed by atoms with Gasteiger partial charge < -0.3 is 4.90 Å². The van der Waals surface area contributed by atoms with Gasteiger partial charge in [-0.2, -0.15) is 0 Å². The molecule has 1 aliphatic rings. The van der Waals surface area contributed by atoms with Crippen LogP contribution in [0, 0.1) is 4.77 Å². The van der Waals surface area contributed by atoms with Crippen LogP contribution in [0.25, 0.3) is 0 Å². The van der Waals surface area contributed by atoms with Crippen LogP contribution in [0.5, 0.6) is 0 Å². The molecule has 1 unspecified atom stereocenters. The Morgan fingerprint density at radius 2 is 2.25 bits per heavy atom. The molecule has 2 rings (SSSR count). The Bertz CT molecular complexity index is 410. The number of H-pyrrole nitrogens is 1. The van der Waals surface area contributed by atoms with Crippen molar-refractivity contribution in [2.75, 3.05) is 31.1 Å². The minimum absolute atomic E-state index is 0.573. The van der Waals surface area contributed by atoms with E-state index in [1.807, 2.05) is 11.6 Å². The third-order valence-electron chi connectivity index (χ3n) is 3.31. The summed E-state index contributed by atoms with van der Waals surface area (Å²) in [5, 5.41) is 7.11. The first-order chi connectivity index (χ1) is 7.63. The van der Waals surface area contributed by atoms with Crippen molar-refractivity contribution in [3.63, 3.8) is 0 Å². The summed E-state index contributed by atoms with van der Waals surface area (Å²) < 4.78 is 2.62. The highest BCUT2D eigenvalue weighted by molar-refractivity contribution is 7.71. The van der Waals surface area contributed by atoms with Gasteiger partial charge in [0.25, 0.3) is 0 Å². The maximum atomic E-state index is 5.13. The topological polar surface area (TPSA) is 40.1 Å². The molecule has 0 saturated carbocycles. The van der Waals surface area contributed by atoms with Crippen molar-refractivity contribution < 1.29 is 0 Å². The summed E-state index contributed by atoms with van der Waals surface area (Å²) in [6.07, 6.45) is 0. The zero-order valence-corrected chi connectivity index (χ0v) is 10.9. The molecule has 1 atom stereocenters. The van der Waals surface area contributed by atoms with Gasteiger partial charge in [0, 0.05) is 32.7 Å². The van der Waals surface area contributed by atoms with E-state index >= 15 is 0 Å². The molecule has 1 aliphatic heterocycles. The van der Waals surface area contributed by atoms with Crippen molar-refractivity contribution in [3.8, 4) is 0 Å². The maximum absolute atomic E-state index is 5.13. The number of aromatic amines is 1. The summed E-state index contributed by atoms with van der Waals surface area (Å²) in [7, 11) is 1.96. The predicted molar refractivity (Wildman–Crippen MR) is 67.3 cm³/mol. The number of anilines is 1. The van der Waals surface area contributed by atoms with Gasteiger partial charge in [0.2, 0.25) is 5.95 Å². The molecule has 90 valence electrons. The number of rotatable bonds is 2. The summed E-state index contributed by atoms with van der Waals surface area (Å²) in [6.45, 7) is 8.72. The summed E-state index contributed by atoms with van der Waals surface area (Å²) in [5.41, 5.74) is 0. The predicted octanol–water partition coefficient (Wildman–Crippen LogP) is 1.01. The number of nitrogens with one attached hydrogen (secondary N) is 1. The third-order valence-corrected chi connectivity index (χ3v) is 3.68. The minimum atomic E-state index is 0.573. The summed E-state index contributed by atoms with van der Waals surface area (Å²) in [4.78, 5) is 4.78. The molecule has 0 bridgehead atoms. The number of nitrogens with zero attached hydrogens (tertiary/aromatic N) is 4. The molecule has 0 amide bonds. The van der Waals surface area contributed by atoms with Crippen LogP contribution in [-0.2, 0) is 7.05 Å². The second-order valence-electron chi connectivity index (χ2n) is 4.31. The number of hydrogen-bond acceptors (Lipinski definition) is 4.